The number of hydrogen-bond acceptors (Lipinski definition) is 2. The minimum Gasteiger partial charge on any atom is -0.352 e. The predicted octanol–water partition coefficient (Wildman–Crippen LogP) is 2.39. The molecule has 4 nitrogen and oxygen atoms in total. The van der Waals surface area contributed by atoms with Gasteiger partial charge in [-0.05, 0) is 30.7 Å². The van der Waals surface area contributed by atoms with Crippen LogP contribution in [-0.2, 0) is 9.59 Å². The average Bonchev–Trinajstić information content (AvgIpc) is 2.31. The predicted molar refractivity (Wildman–Crippen MR) is 75.3 cm³/mol. The van der Waals surface area contributed by atoms with Crippen molar-refractivity contribution in [3.8, 4) is 0 Å². The van der Waals surface area contributed by atoms with Crippen LogP contribution >= 0.6 is 15.9 Å². The zero-order valence-electron chi connectivity index (χ0n) is 10.1. The Balaban J connectivity index is 2.51. The van der Waals surface area contributed by atoms with Crippen LogP contribution in [0.2, 0.25) is 0 Å². The van der Waals surface area contributed by atoms with Crippen LogP contribution in [0, 0.1) is 6.92 Å². The van der Waals surface area contributed by atoms with Gasteiger partial charge in [-0.25, -0.2) is 0 Å². The highest BCUT2D eigenvalue weighted by molar-refractivity contribution is 9.10. The summed E-state index contributed by atoms with van der Waals surface area (Å²) < 4.78 is 0.976. The first kappa shape index (κ1) is 14.4. The first-order chi connectivity index (χ1) is 8.52. The Morgan fingerprint density at radius 1 is 1.39 bits per heavy atom. The number of nitrogens with one attached hydrogen (secondary N) is 2. The number of carbonyl (C=O) groups excluding carboxylic acids is 2. The van der Waals surface area contributed by atoms with E-state index in [4.69, 9.17) is 0 Å². The summed E-state index contributed by atoms with van der Waals surface area (Å²) in [5.41, 5.74) is 1.70. The fourth-order valence-electron chi connectivity index (χ4n) is 1.32. The average molecular weight is 311 g/mol. The highest BCUT2D eigenvalue weighted by atomic mass is 79.9. The van der Waals surface area contributed by atoms with Crippen LogP contribution in [0.4, 0.5) is 5.69 Å². The molecule has 0 saturated heterocycles. The van der Waals surface area contributed by atoms with Crippen molar-refractivity contribution in [3.63, 3.8) is 0 Å². The van der Waals surface area contributed by atoms with E-state index in [1.54, 1.807) is 12.1 Å². The van der Waals surface area contributed by atoms with Gasteiger partial charge in [0.15, 0.2) is 0 Å². The van der Waals surface area contributed by atoms with Crippen molar-refractivity contribution in [2.75, 3.05) is 11.9 Å². The smallest absolute Gasteiger partial charge is 0.233 e. The number of aryl methyl sites for hydroxylation is 1. The molecule has 1 rings (SSSR count). The highest BCUT2D eigenvalue weighted by Crippen LogP contribution is 2.19. The molecule has 0 aliphatic rings. The van der Waals surface area contributed by atoms with E-state index in [1.807, 2.05) is 19.1 Å². The fraction of sp³-hybridized carbons (Fsp3) is 0.231. The van der Waals surface area contributed by atoms with Crippen LogP contribution in [0.3, 0.4) is 0 Å². The third-order valence-electron chi connectivity index (χ3n) is 2.21. The van der Waals surface area contributed by atoms with Gasteiger partial charge in [0.1, 0.15) is 6.42 Å². The van der Waals surface area contributed by atoms with Gasteiger partial charge in [-0.2, -0.15) is 0 Å². The van der Waals surface area contributed by atoms with Gasteiger partial charge < -0.3 is 10.6 Å². The number of benzene rings is 1. The first-order valence-corrected chi connectivity index (χ1v) is 6.26. The summed E-state index contributed by atoms with van der Waals surface area (Å²) in [6.07, 6.45) is 1.37. The lowest BCUT2D eigenvalue weighted by Crippen LogP contribution is -2.28. The maximum absolute atomic E-state index is 11.6. The van der Waals surface area contributed by atoms with E-state index in [0.29, 0.717) is 12.2 Å². The van der Waals surface area contributed by atoms with Crippen molar-refractivity contribution in [3.05, 3.63) is 40.9 Å². The van der Waals surface area contributed by atoms with Crippen LogP contribution in [0.5, 0.6) is 0 Å². The molecule has 0 spiro atoms. The summed E-state index contributed by atoms with van der Waals surface area (Å²) in [5.74, 6) is -0.653. The van der Waals surface area contributed by atoms with Gasteiger partial charge in [-0.15, -0.1) is 6.58 Å². The molecule has 0 saturated carbocycles. The molecule has 0 heterocycles. The van der Waals surface area contributed by atoms with Crippen LogP contribution in [0.25, 0.3) is 0 Å². The normalized spacial score (nSPS) is 9.67. The summed E-state index contributed by atoms with van der Waals surface area (Å²) in [6, 6.07) is 5.46. The number of anilines is 1. The van der Waals surface area contributed by atoms with Crippen molar-refractivity contribution in [2.24, 2.45) is 0 Å². The lowest BCUT2D eigenvalue weighted by molar-refractivity contribution is -0.126. The topological polar surface area (TPSA) is 58.2 Å². The van der Waals surface area contributed by atoms with Gasteiger partial charge >= 0.3 is 0 Å². The summed E-state index contributed by atoms with van der Waals surface area (Å²) >= 11 is 3.38. The molecule has 0 unspecified atom stereocenters. The highest BCUT2D eigenvalue weighted by Gasteiger charge is 2.09. The lowest BCUT2D eigenvalue weighted by atomic mass is 10.2. The van der Waals surface area contributed by atoms with Gasteiger partial charge in [-0.1, -0.05) is 22.0 Å². The zero-order valence-corrected chi connectivity index (χ0v) is 11.7. The van der Waals surface area contributed by atoms with Crippen molar-refractivity contribution < 1.29 is 9.59 Å². The van der Waals surface area contributed by atoms with Crippen molar-refractivity contribution in [2.45, 2.75) is 13.3 Å². The second-order valence-electron chi connectivity index (χ2n) is 3.78. The van der Waals surface area contributed by atoms with Crippen LogP contribution in [-0.4, -0.2) is 18.4 Å². The van der Waals surface area contributed by atoms with Crippen molar-refractivity contribution in [1.29, 1.82) is 0 Å². The largest absolute Gasteiger partial charge is 0.352 e. The zero-order chi connectivity index (χ0) is 13.5. The Morgan fingerprint density at radius 3 is 2.72 bits per heavy atom. The van der Waals surface area contributed by atoms with E-state index >= 15 is 0 Å². The summed E-state index contributed by atoms with van der Waals surface area (Å²) in [4.78, 5) is 22.9. The van der Waals surface area contributed by atoms with Crippen molar-refractivity contribution >= 4 is 33.4 Å². The van der Waals surface area contributed by atoms with Gasteiger partial charge in [0.2, 0.25) is 11.8 Å². The minimum atomic E-state index is -0.335. The third kappa shape index (κ3) is 4.71. The lowest BCUT2D eigenvalue weighted by Gasteiger charge is -2.07. The molecule has 5 heteroatoms. The molecule has 0 bridgehead atoms. The second kappa shape index (κ2) is 6.96. The monoisotopic (exact) mass is 310 g/mol. The minimum absolute atomic E-state index is 0.192. The Kier molecular flexibility index (Phi) is 5.58. The molecule has 0 aliphatic heterocycles. The van der Waals surface area contributed by atoms with Gasteiger partial charge in [0.05, 0.1) is 0 Å². The molecule has 0 radical (unpaired) electrons. The summed E-state index contributed by atoms with van der Waals surface area (Å²) in [7, 11) is 0. The van der Waals surface area contributed by atoms with E-state index in [0.717, 1.165) is 10.0 Å². The first-order valence-electron chi connectivity index (χ1n) is 5.46. The molecule has 0 atom stereocenters. The van der Waals surface area contributed by atoms with Crippen LogP contribution in [0.1, 0.15) is 12.0 Å². The van der Waals surface area contributed by atoms with Gasteiger partial charge in [0, 0.05) is 16.7 Å². The molecule has 1 aromatic rings. The number of rotatable bonds is 5. The summed E-state index contributed by atoms with van der Waals surface area (Å²) in [6.45, 7) is 5.77. The van der Waals surface area contributed by atoms with Crippen LogP contribution < -0.4 is 10.6 Å². The van der Waals surface area contributed by atoms with E-state index in [-0.39, 0.29) is 18.2 Å². The van der Waals surface area contributed by atoms with E-state index < -0.39 is 0 Å². The number of carbonyl (C=O) groups is 2. The molecule has 2 amide bonds. The van der Waals surface area contributed by atoms with Gasteiger partial charge in [0.25, 0.3) is 0 Å². The molecule has 96 valence electrons. The molecular weight excluding hydrogens is 296 g/mol. The quantitative estimate of drug-likeness (QED) is 0.648. The maximum atomic E-state index is 11.6. The SMILES string of the molecule is C=CCNC(=O)CC(=O)Nc1ccc(Br)c(C)c1. The molecule has 0 aromatic heterocycles. The number of halogens is 1. The Hall–Kier alpha value is -1.62. The summed E-state index contributed by atoms with van der Waals surface area (Å²) in [5, 5.41) is 5.22. The van der Waals surface area contributed by atoms with E-state index in [2.05, 4.69) is 33.1 Å². The molecule has 1 aromatic carbocycles. The van der Waals surface area contributed by atoms with Crippen molar-refractivity contribution in [1.82, 2.24) is 5.32 Å². The Morgan fingerprint density at radius 2 is 2.11 bits per heavy atom. The van der Waals surface area contributed by atoms with E-state index in [1.165, 1.54) is 0 Å². The molecule has 0 aliphatic carbocycles. The third-order valence-corrected chi connectivity index (χ3v) is 3.10. The molecular formula is C13H15BrN2O2. The van der Waals surface area contributed by atoms with E-state index in [9.17, 15) is 9.59 Å². The van der Waals surface area contributed by atoms with Gasteiger partial charge in [-0.3, -0.25) is 9.59 Å². The molecule has 18 heavy (non-hydrogen) atoms. The number of hydrogen-bond donors (Lipinski definition) is 2. The van der Waals surface area contributed by atoms with Crippen LogP contribution in [0.15, 0.2) is 35.3 Å². The second-order valence-corrected chi connectivity index (χ2v) is 4.64. The Labute approximate surface area is 115 Å². The standard InChI is InChI=1S/C13H15BrN2O2/c1-3-6-15-12(17)8-13(18)16-10-4-5-11(14)9(2)7-10/h3-5,7H,1,6,8H2,2H3,(H,15,17)(H,16,18). The molecule has 0 fully saturated rings. The fourth-order valence-corrected chi connectivity index (χ4v) is 1.57. The maximum Gasteiger partial charge on any atom is 0.233 e. The molecule has 2 N–H and O–H groups in total. The number of amides is 2. The Bertz CT molecular complexity index is 472.